The Morgan fingerprint density at radius 1 is 1.32 bits per heavy atom. The van der Waals surface area contributed by atoms with E-state index in [0.717, 1.165) is 35.6 Å². The minimum Gasteiger partial charge on any atom is -0.445 e. The van der Waals surface area contributed by atoms with Gasteiger partial charge < -0.3 is 19.8 Å². The number of benzene rings is 1. The molecule has 0 radical (unpaired) electrons. The van der Waals surface area contributed by atoms with E-state index in [4.69, 9.17) is 22.9 Å². The van der Waals surface area contributed by atoms with Crippen molar-refractivity contribution in [1.82, 2.24) is 20.2 Å². The normalized spacial score (nSPS) is 20.7. The fraction of sp³-hybridized carbons (Fsp3) is 0.455. The van der Waals surface area contributed by atoms with Crippen molar-refractivity contribution in [2.75, 3.05) is 31.1 Å². The molecule has 3 heterocycles. The molecule has 2 aliphatic heterocycles. The molecule has 0 spiro atoms. The third-order valence-corrected chi connectivity index (χ3v) is 5.91. The molecule has 1 fully saturated rings. The summed E-state index contributed by atoms with van der Waals surface area (Å²) in [6.45, 7) is 12.3. The maximum absolute atomic E-state index is 12.9. The molecule has 0 unspecified atom stereocenters. The van der Waals surface area contributed by atoms with Gasteiger partial charge in [0.05, 0.1) is 5.69 Å². The maximum Gasteiger partial charge on any atom is 0.410 e. The number of anilines is 1. The van der Waals surface area contributed by atoms with Crippen LogP contribution in [0.2, 0.25) is 5.28 Å². The zero-order valence-corrected chi connectivity index (χ0v) is 18.2. The number of hydrogen-bond donors (Lipinski definition) is 1. The van der Waals surface area contributed by atoms with Gasteiger partial charge in [-0.25, -0.2) is 21.3 Å². The van der Waals surface area contributed by atoms with Gasteiger partial charge in [-0.05, 0) is 37.1 Å². The molecular weight excluding hydrogens is 416 g/mol. The highest BCUT2D eigenvalue weighted by atomic mass is 35.5. The smallest absolute Gasteiger partial charge is 0.410 e. The van der Waals surface area contributed by atoms with Gasteiger partial charge in [0.15, 0.2) is 0 Å². The summed E-state index contributed by atoms with van der Waals surface area (Å²) in [5.74, 6) is 0.816. The maximum atomic E-state index is 12.9. The van der Waals surface area contributed by atoms with Crippen LogP contribution in [0.1, 0.15) is 23.7 Å². The molecular formula is C22H25ClN6O2. The van der Waals surface area contributed by atoms with Gasteiger partial charge >= 0.3 is 6.09 Å². The van der Waals surface area contributed by atoms with Crippen molar-refractivity contribution in [2.45, 2.75) is 38.6 Å². The highest BCUT2D eigenvalue weighted by Crippen LogP contribution is 2.30. The molecule has 4 rings (SSSR count). The molecule has 0 aliphatic carbocycles. The average Bonchev–Trinajstić information content (AvgIpc) is 2.78. The SMILES string of the molecule is [C-]#[N+]C[C@H]1CN(c2nc(Cl)nc3c2CCNC3)[C@@H](C)CN1C(=O)OCc1ccccc1. The van der Waals surface area contributed by atoms with Crippen molar-refractivity contribution in [3.8, 4) is 0 Å². The number of nitrogens with zero attached hydrogens (tertiary/aromatic N) is 5. The summed E-state index contributed by atoms with van der Waals surface area (Å²) in [6, 6.07) is 9.29. The van der Waals surface area contributed by atoms with Crippen LogP contribution in [0.4, 0.5) is 10.6 Å². The predicted molar refractivity (Wildman–Crippen MR) is 118 cm³/mol. The first-order chi connectivity index (χ1) is 15.1. The Balaban J connectivity index is 1.53. The van der Waals surface area contributed by atoms with Crippen LogP contribution in [0.5, 0.6) is 0 Å². The van der Waals surface area contributed by atoms with Crippen LogP contribution in [0, 0.1) is 6.57 Å². The summed E-state index contributed by atoms with van der Waals surface area (Å²) < 4.78 is 5.55. The molecule has 1 saturated heterocycles. The molecule has 162 valence electrons. The molecule has 8 nitrogen and oxygen atoms in total. The van der Waals surface area contributed by atoms with Crippen molar-refractivity contribution in [2.24, 2.45) is 0 Å². The number of rotatable bonds is 4. The van der Waals surface area contributed by atoms with E-state index >= 15 is 0 Å². The van der Waals surface area contributed by atoms with Crippen molar-refractivity contribution in [1.29, 1.82) is 0 Å². The number of carbonyl (C=O) groups excluding carboxylic acids is 1. The van der Waals surface area contributed by atoms with Crippen LogP contribution in [0.3, 0.4) is 0 Å². The molecule has 1 aromatic heterocycles. The molecule has 1 N–H and O–H groups in total. The second-order valence-corrected chi connectivity index (χ2v) is 8.19. The van der Waals surface area contributed by atoms with Gasteiger partial charge in [0, 0.05) is 31.2 Å². The number of piperazine rings is 1. The summed E-state index contributed by atoms with van der Waals surface area (Å²) in [4.78, 5) is 29.2. The van der Waals surface area contributed by atoms with Gasteiger partial charge in [-0.1, -0.05) is 30.3 Å². The topological polar surface area (TPSA) is 75.0 Å². The number of carbonyl (C=O) groups is 1. The van der Waals surface area contributed by atoms with E-state index in [1.807, 2.05) is 30.3 Å². The summed E-state index contributed by atoms with van der Waals surface area (Å²) in [6.07, 6.45) is 0.428. The Labute approximate surface area is 187 Å². The first-order valence-corrected chi connectivity index (χ1v) is 10.8. The van der Waals surface area contributed by atoms with Gasteiger partial charge in [0.1, 0.15) is 18.5 Å². The average molecular weight is 441 g/mol. The van der Waals surface area contributed by atoms with E-state index in [-0.39, 0.29) is 30.5 Å². The standard InChI is InChI=1S/C22H25ClN6O2/c1-15-12-29(22(30)31-14-16-6-4-3-5-7-16)17(10-24-2)13-28(15)20-18-8-9-25-11-19(18)26-21(23)27-20/h3-7,15,17,25H,8-14H2,1H3/t15-,17-/m0/s1. The van der Waals surface area contributed by atoms with Crippen molar-refractivity contribution in [3.63, 3.8) is 0 Å². The van der Waals surface area contributed by atoms with Gasteiger partial charge in [0.2, 0.25) is 11.8 Å². The van der Waals surface area contributed by atoms with E-state index in [1.165, 1.54) is 0 Å². The molecule has 2 aliphatic rings. The number of ether oxygens (including phenoxy) is 1. The summed E-state index contributed by atoms with van der Waals surface area (Å²) in [5.41, 5.74) is 2.94. The minimum absolute atomic E-state index is 0.00351. The lowest BCUT2D eigenvalue weighted by Gasteiger charge is -2.44. The molecule has 2 atom stereocenters. The quantitative estimate of drug-likeness (QED) is 0.582. The minimum atomic E-state index is -0.393. The van der Waals surface area contributed by atoms with Crippen LogP contribution in [0.15, 0.2) is 30.3 Å². The second-order valence-electron chi connectivity index (χ2n) is 7.86. The molecule has 2 aromatic rings. The van der Waals surface area contributed by atoms with Crippen LogP contribution in [0.25, 0.3) is 4.85 Å². The van der Waals surface area contributed by atoms with E-state index in [2.05, 4.69) is 32.0 Å². The van der Waals surface area contributed by atoms with E-state index in [0.29, 0.717) is 19.6 Å². The van der Waals surface area contributed by atoms with Crippen molar-refractivity contribution >= 4 is 23.5 Å². The Morgan fingerprint density at radius 2 is 2.13 bits per heavy atom. The van der Waals surface area contributed by atoms with Crippen LogP contribution in [-0.4, -0.2) is 59.2 Å². The number of fused-ring (bicyclic) bond motifs is 1. The third-order valence-electron chi connectivity index (χ3n) is 5.74. The van der Waals surface area contributed by atoms with Crippen LogP contribution < -0.4 is 10.2 Å². The molecule has 0 saturated carbocycles. The lowest BCUT2D eigenvalue weighted by Crippen LogP contribution is -2.60. The largest absolute Gasteiger partial charge is 0.445 e. The van der Waals surface area contributed by atoms with Gasteiger partial charge in [-0.15, -0.1) is 0 Å². The number of amides is 1. The molecule has 1 amide bonds. The molecule has 1 aromatic carbocycles. The fourth-order valence-corrected chi connectivity index (χ4v) is 4.35. The summed E-state index contributed by atoms with van der Waals surface area (Å²) >= 11 is 6.22. The zero-order chi connectivity index (χ0) is 21.8. The molecule has 9 heteroatoms. The first kappa shape index (κ1) is 21.3. The van der Waals surface area contributed by atoms with Gasteiger partial charge in [-0.3, -0.25) is 4.90 Å². The monoisotopic (exact) mass is 440 g/mol. The van der Waals surface area contributed by atoms with Crippen LogP contribution >= 0.6 is 11.6 Å². The summed E-state index contributed by atoms with van der Waals surface area (Å²) in [7, 11) is 0. The Kier molecular flexibility index (Phi) is 6.54. The summed E-state index contributed by atoms with van der Waals surface area (Å²) in [5, 5.41) is 3.53. The lowest BCUT2D eigenvalue weighted by molar-refractivity contribution is 0.0731. The fourth-order valence-electron chi connectivity index (χ4n) is 4.17. The molecule has 31 heavy (non-hydrogen) atoms. The number of hydrogen-bond acceptors (Lipinski definition) is 6. The van der Waals surface area contributed by atoms with Crippen molar-refractivity contribution < 1.29 is 9.53 Å². The second kappa shape index (κ2) is 9.50. The van der Waals surface area contributed by atoms with Crippen LogP contribution in [-0.2, 0) is 24.3 Å². The number of aromatic nitrogens is 2. The number of nitrogens with one attached hydrogen (secondary N) is 1. The predicted octanol–water partition coefficient (Wildman–Crippen LogP) is 2.91. The molecule has 0 bridgehead atoms. The van der Waals surface area contributed by atoms with E-state index in [1.54, 1.807) is 4.90 Å². The number of halogens is 1. The van der Waals surface area contributed by atoms with E-state index in [9.17, 15) is 4.79 Å². The Morgan fingerprint density at radius 3 is 2.90 bits per heavy atom. The lowest BCUT2D eigenvalue weighted by atomic mass is 10.0. The highest BCUT2D eigenvalue weighted by Gasteiger charge is 2.39. The van der Waals surface area contributed by atoms with Gasteiger partial charge in [-0.2, -0.15) is 0 Å². The zero-order valence-electron chi connectivity index (χ0n) is 17.4. The Bertz CT molecular complexity index is 980. The highest BCUT2D eigenvalue weighted by molar-refractivity contribution is 6.28. The third kappa shape index (κ3) is 4.73. The van der Waals surface area contributed by atoms with Gasteiger partial charge in [0.25, 0.3) is 0 Å². The van der Waals surface area contributed by atoms with Crippen molar-refractivity contribution in [3.05, 3.63) is 63.9 Å². The van der Waals surface area contributed by atoms with E-state index < -0.39 is 6.09 Å². The first-order valence-electron chi connectivity index (χ1n) is 10.4. The Hall–Kier alpha value is -2.89.